The lowest BCUT2D eigenvalue weighted by Crippen LogP contribution is -2.35. The average molecular weight is 379 g/mol. The second-order valence-electron chi connectivity index (χ2n) is 7.40. The molecule has 0 aromatic rings. The molecule has 4 unspecified atom stereocenters. The van der Waals surface area contributed by atoms with Gasteiger partial charge in [-0.3, -0.25) is 10.1 Å². The highest BCUT2D eigenvalue weighted by molar-refractivity contribution is 14.1. The fourth-order valence-corrected chi connectivity index (χ4v) is 6.77. The summed E-state index contributed by atoms with van der Waals surface area (Å²) in [5.41, 5.74) is 0.501. The maximum atomic E-state index is 11.2. The van der Waals surface area contributed by atoms with Gasteiger partial charge in [-0.25, -0.2) is 0 Å². The van der Waals surface area contributed by atoms with Crippen LogP contribution in [0.4, 0.5) is 0 Å². The fraction of sp³-hybridized carbons (Fsp3) is 1.00. The first-order chi connectivity index (χ1) is 8.75. The highest BCUT2D eigenvalue weighted by atomic mass is 127. The van der Waals surface area contributed by atoms with E-state index in [-0.39, 0.29) is 16.4 Å². The van der Waals surface area contributed by atoms with Crippen LogP contribution in [0.1, 0.15) is 59.8 Å². The number of hydrogen-bond acceptors (Lipinski definition) is 2. The average Bonchev–Trinajstić information content (AvgIpc) is 2.89. The molecule has 0 saturated heterocycles. The summed E-state index contributed by atoms with van der Waals surface area (Å²) in [6.07, 6.45) is 4.96. The van der Waals surface area contributed by atoms with Crippen LogP contribution < -0.4 is 0 Å². The lowest BCUT2D eigenvalue weighted by Gasteiger charge is -2.38. The van der Waals surface area contributed by atoms with Gasteiger partial charge in [0.2, 0.25) is 6.04 Å². The van der Waals surface area contributed by atoms with Gasteiger partial charge < -0.3 is 0 Å². The third kappa shape index (κ3) is 2.54. The zero-order valence-electron chi connectivity index (χ0n) is 12.5. The molecule has 0 aromatic carbocycles. The maximum absolute atomic E-state index is 11.2. The van der Waals surface area contributed by atoms with Gasteiger partial charge in [0.1, 0.15) is 0 Å². The van der Waals surface area contributed by atoms with E-state index in [0.717, 1.165) is 29.1 Å². The molecule has 2 aliphatic carbocycles. The van der Waals surface area contributed by atoms with Gasteiger partial charge in [0, 0.05) is 21.7 Å². The van der Waals surface area contributed by atoms with Crippen molar-refractivity contribution in [2.75, 3.05) is 0 Å². The van der Waals surface area contributed by atoms with Gasteiger partial charge >= 0.3 is 0 Å². The molecule has 0 aromatic heterocycles. The van der Waals surface area contributed by atoms with Crippen LogP contribution in [-0.4, -0.2) is 14.9 Å². The Morgan fingerprint density at radius 3 is 2.42 bits per heavy atom. The molecule has 0 aliphatic heterocycles. The molecule has 0 heterocycles. The molecule has 2 saturated carbocycles. The zero-order valence-corrected chi connectivity index (χ0v) is 14.6. The standard InChI is InChI=1S/C15H26INO2/c1-5-11-13(16)15(11,4)12-8-6-7-10(17(18)19)9-14(12,2)3/h10-13H,5-9H2,1-4H3/t10-,11?,12?,13?,15?/m1/s1. The number of rotatable bonds is 3. The van der Waals surface area contributed by atoms with Crippen LogP contribution in [0.2, 0.25) is 0 Å². The van der Waals surface area contributed by atoms with Crippen LogP contribution in [0.3, 0.4) is 0 Å². The van der Waals surface area contributed by atoms with Crippen LogP contribution in [0.5, 0.6) is 0 Å². The smallest absolute Gasteiger partial charge is 0.213 e. The van der Waals surface area contributed by atoms with E-state index >= 15 is 0 Å². The van der Waals surface area contributed by atoms with Crippen molar-refractivity contribution in [2.24, 2.45) is 22.7 Å². The van der Waals surface area contributed by atoms with Gasteiger partial charge in [-0.1, -0.05) is 56.7 Å². The zero-order chi connectivity index (χ0) is 14.4. The minimum absolute atomic E-state index is 0.0434. The van der Waals surface area contributed by atoms with Crippen molar-refractivity contribution in [3.8, 4) is 0 Å². The minimum atomic E-state index is -0.324. The number of nitro groups is 1. The first-order valence-corrected chi connectivity index (χ1v) is 8.77. The van der Waals surface area contributed by atoms with Crippen LogP contribution in [0.25, 0.3) is 0 Å². The molecule has 0 spiro atoms. The Kier molecular flexibility index (Phi) is 4.21. The van der Waals surface area contributed by atoms with Gasteiger partial charge in [-0.15, -0.1) is 0 Å². The third-order valence-electron chi connectivity index (χ3n) is 5.86. The van der Waals surface area contributed by atoms with Crippen LogP contribution in [0, 0.1) is 32.8 Å². The predicted molar refractivity (Wildman–Crippen MR) is 86.2 cm³/mol. The fourth-order valence-electron chi connectivity index (χ4n) is 4.80. The maximum Gasteiger partial charge on any atom is 0.213 e. The van der Waals surface area contributed by atoms with Gasteiger partial charge in [0.25, 0.3) is 0 Å². The van der Waals surface area contributed by atoms with Gasteiger partial charge in [0.05, 0.1) is 0 Å². The van der Waals surface area contributed by atoms with Crippen molar-refractivity contribution in [1.82, 2.24) is 0 Å². The van der Waals surface area contributed by atoms with Crippen LogP contribution in [0.15, 0.2) is 0 Å². The highest BCUT2D eigenvalue weighted by Crippen LogP contribution is 2.68. The van der Waals surface area contributed by atoms with Crippen LogP contribution >= 0.6 is 22.6 Å². The molecule has 4 heteroatoms. The second-order valence-corrected chi connectivity index (χ2v) is 8.74. The van der Waals surface area contributed by atoms with Crippen molar-refractivity contribution in [1.29, 1.82) is 0 Å². The highest BCUT2D eigenvalue weighted by Gasteiger charge is 2.65. The van der Waals surface area contributed by atoms with Gasteiger partial charge in [0.15, 0.2) is 0 Å². The molecule has 5 atom stereocenters. The molecule has 0 bridgehead atoms. The molecule has 0 radical (unpaired) electrons. The Bertz CT molecular complexity index is 371. The number of halogens is 1. The lowest BCUT2D eigenvalue weighted by molar-refractivity contribution is -0.526. The van der Waals surface area contributed by atoms with Crippen molar-refractivity contribution < 1.29 is 4.92 Å². The molecule has 2 fully saturated rings. The molecule has 19 heavy (non-hydrogen) atoms. The summed E-state index contributed by atoms with van der Waals surface area (Å²) in [7, 11) is 0. The molecule has 110 valence electrons. The Hall–Kier alpha value is 0.130. The Morgan fingerprint density at radius 1 is 1.32 bits per heavy atom. The van der Waals surface area contributed by atoms with E-state index in [2.05, 4.69) is 50.3 Å². The number of nitrogens with zero attached hydrogens (tertiary/aromatic N) is 1. The first kappa shape index (κ1) is 15.5. The molecule has 0 N–H and O–H groups in total. The quantitative estimate of drug-likeness (QED) is 0.235. The molecule has 2 aliphatic rings. The molecule has 3 nitrogen and oxygen atoms in total. The summed E-state index contributed by atoms with van der Waals surface area (Å²) >= 11 is 2.61. The first-order valence-electron chi connectivity index (χ1n) is 7.52. The van der Waals surface area contributed by atoms with Crippen molar-refractivity contribution in [3.05, 3.63) is 10.1 Å². The molecular formula is C15H26INO2. The van der Waals surface area contributed by atoms with Gasteiger partial charge in [-0.05, 0) is 35.5 Å². The van der Waals surface area contributed by atoms with Crippen molar-refractivity contribution in [2.45, 2.75) is 69.8 Å². The van der Waals surface area contributed by atoms with Crippen molar-refractivity contribution >= 4 is 22.6 Å². The number of hydrogen-bond donors (Lipinski definition) is 0. The van der Waals surface area contributed by atoms with E-state index in [0.29, 0.717) is 11.3 Å². The molecule has 2 rings (SSSR count). The third-order valence-corrected chi connectivity index (χ3v) is 8.07. The van der Waals surface area contributed by atoms with E-state index in [1.807, 2.05) is 0 Å². The topological polar surface area (TPSA) is 43.1 Å². The second kappa shape index (κ2) is 5.15. The minimum Gasteiger partial charge on any atom is -0.264 e. The van der Waals surface area contributed by atoms with E-state index in [1.165, 1.54) is 12.8 Å². The summed E-state index contributed by atoms with van der Waals surface area (Å²) in [5, 5.41) is 11.2. The van der Waals surface area contributed by atoms with E-state index < -0.39 is 0 Å². The van der Waals surface area contributed by atoms with Crippen LogP contribution in [-0.2, 0) is 0 Å². The van der Waals surface area contributed by atoms with E-state index in [4.69, 9.17) is 0 Å². The van der Waals surface area contributed by atoms with E-state index in [9.17, 15) is 10.1 Å². The summed E-state index contributed by atoms with van der Waals surface area (Å²) in [5.74, 6) is 1.45. The molecule has 0 amide bonds. The Balaban J connectivity index is 2.20. The summed E-state index contributed by atoms with van der Waals surface area (Å²) < 4.78 is 0.756. The monoisotopic (exact) mass is 379 g/mol. The predicted octanol–water partition coefficient (Wildman–Crippen LogP) is 4.70. The number of alkyl halides is 1. The Labute approximate surface area is 130 Å². The van der Waals surface area contributed by atoms with E-state index in [1.54, 1.807) is 0 Å². The van der Waals surface area contributed by atoms with Crippen molar-refractivity contribution in [3.63, 3.8) is 0 Å². The normalized spacial score (nSPS) is 45.5. The SMILES string of the molecule is CCC1C(I)C1(C)C1CCC[C@@H]([N+](=O)[O-])CC1(C)C. The summed E-state index contributed by atoms with van der Waals surface area (Å²) in [6.45, 7) is 9.24. The summed E-state index contributed by atoms with van der Waals surface area (Å²) in [4.78, 5) is 11.1. The Morgan fingerprint density at radius 2 is 1.95 bits per heavy atom. The summed E-state index contributed by atoms with van der Waals surface area (Å²) in [6, 6.07) is -0.324. The lowest BCUT2D eigenvalue weighted by atomic mass is 9.66. The largest absolute Gasteiger partial charge is 0.264 e. The molecular weight excluding hydrogens is 353 g/mol. The van der Waals surface area contributed by atoms with Gasteiger partial charge in [-0.2, -0.15) is 0 Å².